The first-order chi connectivity index (χ1) is 12.9. The second kappa shape index (κ2) is 9.87. The van der Waals surface area contributed by atoms with Gasteiger partial charge in [-0.05, 0) is 42.7 Å². The Bertz CT molecular complexity index is 828. The molecule has 0 fully saturated rings. The topological polar surface area (TPSA) is 81.7 Å². The van der Waals surface area contributed by atoms with E-state index in [1.54, 1.807) is 19.2 Å². The molecule has 0 bridgehead atoms. The Morgan fingerprint density at radius 2 is 1.93 bits per heavy atom. The molecule has 0 aliphatic carbocycles. The van der Waals surface area contributed by atoms with Gasteiger partial charge in [0.15, 0.2) is 6.61 Å². The summed E-state index contributed by atoms with van der Waals surface area (Å²) in [5.41, 5.74) is 1.75. The van der Waals surface area contributed by atoms with Gasteiger partial charge in [0.1, 0.15) is 5.75 Å². The molecule has 2 rings (SSSR count). The van der Waals surface area contributed by atoms with Gasteiger partial charge in [-0.3, -0.25) is 14.4 Å². The van der Waals surface area contributed by atoms with Crippen molar-refractivity contribution in [3.05, 3.63) is 51.2 Å². The third kappa shape index (κ3) is 6.53. The molecular formula is C20H23NO5S. The molecule has 0 aliphatic rings. The zero-order valence-electron chi connectivity index (χ0n) is 15.7. The molecule has 7 heteroatoms. The summed E-state index contributed by atoms with van der Waals surface area (Å²) < 4.78 is 10.3. The number of methoxy groups -OCH3 is 1. The Hall–Kier alpha value is -2.67. The van der Waals surface area contributed by atoms with Crippen LogP contribution in [0.25, 0.3) is 0 Å². The van der Waals surface area contributed by atoms with E-state index in [1.807, 2.05) is 25.1 Å². The van der Waals surface area contributed by atoms with Gasteiger partial charge in [0.05, 0.1) is 18.4 Å². The van der Waals surface area contributed by atoms with E-state index in [4.69, 9.17) is 9.47 Å². The number of ketones is 1. The maximum Gasteiger partial charge on any atom is 0.310 e. The van der Waals surface area contributed by atoms with Crippen LogP contribution in [0.2, 0.25) is 0 Å². The normalized spacial score (nSPS) is 10.3. The molecule has 0 unspecified atom stereocenters. The molecule has 27 heavy (non-hydrogen) atoms. The van der Waals surface area contributed by atoms with Crippen LogP contribution in [0.4, 0.5) is 0 Å². The number of hydrogen-bond donors (Lipinski definition) is 1. The van der Waals surface area contributed by atoms with E-state index in [1.165, 1.54) is 18.3 Å². The predicted octanol–water partition coefficient (Wildman–Crippen LogP) is 2.71. The van der Waals surface area contributed by atoms with Crippen molar-refractivity contribution in [2.45, 2.75) is 26.7 Å². The molecule has 1 N–H and O–H groups in total. The minimum atomic E-state index is -0.461. The zero-order chi connectivity index (χ0) is 19.8. The number of thiophene rings is 1. The Balaban J connectivity index is 1.82. The number of nitrogens with one attached hydrogen (secondary N) is 1. The lowest BCUT2D eigenvalue weighted by atomic mass is 10.1. The molecule has 0 radical (unpaired) electrons. The number of rotatable bonds is 9. The zero-order valence-corrected chi connectivity index (χ0v) is 16.5. The van der Waals surface area contributed by atoms with Gasteiger partial charge in [-0.25, -0.2) is 0 Å². The highest BCUT2D eigenvalue weighted by molar-refractivity contribution is 7.14. The molecule has 1 amide bonds. The second-order valence-corrected chi connectivity index (χ2v) is 7.23. The van der Waals surface area contributed by atoms with Crippen molar-refractivity contribution in [2.75, 3.05) is 20.3 Å². The molecule has 144 valence electrons. The van der Waals surface area contributed by atoms with Crippen LogP contribution in [0, 0.1) is 6.92 Å². The van der Waals surface area contributed by atoms with Crippen LogP contribution in [0.1, 0.15) is 32.6 Å². The van der Waals surface area contributed by atoms with Gasteiger partial charge in [-0.15, -0.1) is 11.3 Å². The Kier molecular flexibility index (Phi) is 7.55. The quantitative estimate of drug-likeness (QED) is 0.527. The summed E-state index contributed by atoms with van der Waals surface area (Å²) in [5.74, 6) is -0.0694. The molecule has 0 spiro atoms. The van der Waals surface area contributed by atoms with Crippen LogP contribution in [-0.4, -0.2) is 37.9 Å². The van der Waals surface area contributed by atoms with Gasteiger partial charge < -0.3 is 14.8 Å². The van der Waals surface area contributed by atoms with Crippen LogP contribution in [0.5, 0.6) is 5.75 Å². The first kappa shape index (κ1) is 20.6. The Morgan fingerprint density at radius 3 is 2.63 bits per heavy atom. The first-order valence-corrected chi connectivity index (χ1v) is 9.36. The van der Waals surface area contributed by atoms with E-state index < -0.39 is 5.97 Å². The van der Waals surface area contributed by atoms with Gasteiger partial charge in [-0.1, -0.05) is 12.1 Å². The second-order valence-electron chi connectivity index (χ2n) is 6.06. The standard InChI is InChI=1S/C20H23NO5S/c1-13-4-5-15(10-18(13)25-3)11-20(24)26-12-17(23)19-7-6-16(27-19)8-9-21-14(2)22/h4-7,10H,8-9,11-12H2,1-3H3,(H,21,22). The van der Waals surface area contributed by atoms with Gasteiger partial charge in [0, 0.05) is 18.3 Å². The van der Waals surface area contributed by atoms with Crippen molar-refractivity contribution in [1.29, 1.82) is 0 Å². The summed E-state index contributed by atoms with van der Waals surface area (Å²) in [7, 11) is 1.58. The summed E-state index contributed by atoms with van der Waals surface area (Å²) in [6, 6.07) is 9.07. The van der Waals surface area contributed by atoms with Crippen LogP contribution < -0.4 is 10.1 Å². The third-order valence-electron chi connectivity index (χ3n) is 3.87. The van der Waals surface area contributed by atoms with Crippen molar-refractivity contribution in [1.82, 2.24) is 5.32 Å². The molecule has 0 saturated carbocycles. The highest BCUT2D eigenvalue weighted by Crippen LogP contribution is 2.20. The van der Waals surface area contributed by atoms with Crippen molar-refractivity contribution in [3.8, 4) is 5.75 Å². The number of aryl methyl sites for hydroxylation is 1. The van der Waals surface area contributed by atoms with Crippen LogP contribution in [-0.2, 0) is 27.2 Å². The van der Waals surface area contributed by atoms with Crippen LogP contribution in [0.15, 0.2) is 30.3 Å². The molecule has 1 heterocycles. The van der Waals surface area contributed by atoms with Gasteiger partial charge in [-0.2, -0.15) is 0 Å². The fourth-order valence-corrected chi connectivity index (χ4v) is 3.36. The summed E-state index contributed by atoms with van der Waals surface area (Å²) in [6.07, 6.45) is 0.739. The lowest BCUT2D eigenvalue weighted by Crippen LogP contribution is -2.22. The average molecular weight is 389 g/mol. The smallest absolute Gasteiger partial charge is 0.310 e. The minimum Gasteiger partial charge on any atom is -0.496 e. The number of carbonyl (C=O) groups is 3. The monoisotopic (exact) mass is 389 g/mol. The lowest BCUT2D eigenvalue weighted by molar-refractivity contribution is -0.141. The Morgan fingerprint density at radius 1 is 1.15 bits per heavy atom. The summed E-state index contributed by atoms with van der Waals surface area (Å²) in [6.45, 7) is 3.63. The van der Waals surface area contributed by atoms with Crippen molar-refractivity contribution < 1.29 is 23.9 Å². The fraction of sp³-hybridized carbons (Fsp3) is 0.350. The lowest BCUT2D eigenvalue weighted by Gasteiger charge is -2.08. The maximum absolute atomic E-state index is 12.2. The minimum absolute atomic E-state index is 0.0797. The molecule has 0 atom stereocenters. The highest BCUT2D eigenvalue weighted by Gasteiger charge is 2.13. The van der Waals surface area contributed by atoms with E-state index in [-0.39, 0.29) is 24.7 Å². The molecule has 2 aromatic rings. The summed E-state index contributed by atoms with van der Waals surface area (Å²) in [4.78, 5) is 36.6. The molecule has 1 aromatic heterocycles. The van der Waals surface area contributed by atoms with E-state index in [9.17, 15) is 14.4 Å². The van der Waals surface area contributed by atoms with Gasteiger partial charge in [0.25, 0.3) is 0 Å². The maximum atomic E-state index is 12.2. The molecular weight excluding hydrogens is 366 g/mol. The molecule has 0 saturated heterocycles. The summed E-state index contributed by atoms with van der Waals surface area (Å²) >= 11 is 1.35. The molecule has 1 aromatic carbocycles. The first-order valence-electron chi connectivity index (χ1n) is 8.54. The number of hydrogen-bond acceptors (Lipinski definition) is 6. The van der Waals surface area contributed by atoms with Crippen molar-refractivity contribution in [3.63, 3.8) is 0 Å². The number of esters is 1. The van der Waals surface area contributed by atoms with E-state index in [0.29, 0.717) is 23.6 Å². The SMILES string of the molecule is COc1cc(CC(=O)OCC(=O)c2ccc(CCNC(C)=O)s2)ccc1C. The van der Waals surface area contributed by atoms with Crippen LogP contribution >= 0.6 is 11.3 Å². The number of Topliss-reactive ketones (excluding diaryl/α,β-unsaturated/α-hetero) is 1. The largest absolute Gasteiger partial charge is 0.496 e. The number of amides is 1. The average Bonchev–Trinajstić information content (AvgIpc) is 3.10. The number of carbonyl (C=O) groups excluding carboxylic acids is 3. The van der Waals surface area contributed by atoms with E-state index in [2.05, 4.69) is 5.32 Å². The van der Waals surface area contributed by atoms with E-state index in [0.717, 1.165) is 16.0 Å². The van der Waals surface area contributed by atoms with Crippen molar-refractivity contribution in [2.24, 2.45) is 0 Å². The summed E-state index contributed by atoms with van der Waals surface area (Å²) in [5, 5.41) is 2.71. The van der Waals surface area contributed by atoms with Crippen molar-refractivity contribution >= 4 is 29.0 Å². The van der Waals surface area contributed by atoms with Gasteiger partial charge in [0.2, 0.25) is 11.7 Å². The number of ether oxygens (including phenoxy) is 2. The molecule has 0 aliphatic heterocycles. The van der Waals surface area contributed by atoms with E-state index >= 15 is 0 Å². The predicted molar refractivity (Wildman–Crippen MR) is 103 cm³/mol. The van der Waals surface area contributed by atoms with Gasteiger partial charge >= 0.3 is 5.97 Å². The molecule has 6 nitrogen and oxygen atoms in total. The highest BCUT2D eigenvalue weighted by atomic mass is 32.1. The third-order valence-corrected chi connectivity index (χ3v) is 5.05. The fourth-order valence-electron chi connectivity index (χ4n) is 2.43. The number of benzene rings is 1. The Labute approximate surface area is 162 Å². The van der Waals surface area contributed by atoms with Crippen LogP contribution in [0.3, 0.4) is 0 Å².